The summed E-state index contributed by atoms with van der Waals surface area (Å²) >= 11 is 6.35. The minimum absolute atomic E-state index is 0.0761. The number of amides is 1. The van der Waals surface area contributed by atoms with Gasteiger partial charge >= 0.3 is 0 Å². The number of thiophene rings is 2. The Morgan fingerprint density at radius 1 is 1.32 bits per heavy atom. The van der Waals surface area contributed by atoms with Crippen LogP contribution >= 0.6 is 38.6 Å². The van der Waals surface area contributed by atoms with E-state index in [-0.39, 0.29) is 12.5 Å². The Morgan fingerprint density at radius 2 is 2.16 bits per heavy atom. The minimum Gasteiger partial charge on any atom is -0.497 e. The highest BCUT2D eigenvalue weighted by molar-refractivity contribution is 9.10. The predicted octanol–water partition coefficient (Wildman–Crippen LogP) is 4.25. The van der Waals surface area contributed by atoms with Gasteiger partial charge in [0, 0.05) is 14.9 Å². The predicted molar refractivity (Wildman–Crippen MR) is 105 cm³/mol. The van der Waals surface area contributed by atoms with Crippen molar-refractivity contribution in [3.8, 4) is 5.75 Å². The second-order valence-electron chi connectivity index (χ2n) is 5.38. The van der Waals surface area contributed by atoms with E-state index in [2.05, 4.69) is 21.2 Å². The van der Waals surface area contributed by atoms with Crippen LogP contribution in [0.25, 0.3) is 0 Å². The molecule has 0 saturated heterocycles. The van der Waals surface area contributed by atoms with Crippen LogP contribution < -0.4 is 10.1 Å². The van der Waals surface area contributed by atoms with Crippen molar-refractivity contribution in [2.45, 2.75) is 5.60 Å². The second kappa shape index (κ2) is 7.70. The van der Waals surface area contributed by atoms with E-state index in [1.54, 1.807) is 25.3 Å². The van der Waals surface area contributed by atoms with Crippen molar-refractivity contribution in [1.82, 2.24) is 5.32 Å². The first-order valence-electron chi connectivity index (χ1n) is 7.45. The van der Waals surface area contributed by atoms with Crippen LogP contribution in [0.4, 0.5) is 0 Å². The van der Waals surface area contributed by atoms with E-state index in [9.17, 15) is 9.90 Å². The molecule has 130 valence electrons. The Kier molecular flexibility index (Phi) is 5.58. The molecular weight excluding hydrogens is 422 g/mol. The highest BCUT2D eigenvalue weighted by Gasteiger charge is 2.33. The normalized spacial score (nSPS) is 13.2. The van der Waals surface area contributed by atoms with E-state index in [4.69, 9.17) is 4.74 Å². The van der Waals surface area contributed by atoms with E-state index in [0.29, 0.717) is 15.8 Å². The number of rotatable bonds is 6. The number of aliphatic hydroxyl groups is 1. The Bertz CT molecular complexity index is 813. The molecule has 0 bridgehead atoms. The minimum atomic E-state index is -1.25. The van der Waals surface area contributed by atoms with E-state index in [1.165, 1.54) is 22.7 Å². The van der Waals surface area contributed by atoms with Crippen LogP contribution in [0, 0.1) is 0 Å². The van der Waals surface area contributed by atoms with Gasteiger partial charge in [-0.1, -0.05) is 6.07 Å². The van der Waals surface area contributed by atoms with Crippen molar-refractivity contribution in [2.75, 3.05) is 13.7 Å². The topological polar surface area (TPSA) is 58.6 Å². The molecule has 0 aliphatic carbocycles. The molecule has 0 aliphatic heterocycles. The summed E-state index contributed by atoms with van der Waals surface area (Å²) in [5.74, 6) is 0.315. The molecule has 0 radical (unpaired) electrons. The van der Waals surface area contributed by atoms with E-state index >= 15 is 0 Å². The molecule has 0 unspecified atom stereocenters. The van der Waals surface area contributed by atoms with E-state index in [0.717, 1.165) is 10.4 Å². The van der Waals surface area contributed by atoms with Gasteiger partial charge in [0.25, 0.3) is 5.91 Å². The summed E-state index contributed by atoms with van der Waals surface area (Å²) in [7, 11) is 1.55. The highest BCUT2D eigenvalue weighted by atomic mass is 79.9. The third-order valence-corrected chi connectivity index (χ3v) is 6.25. The van der Waals surface area contributed by atoms with E-state index < -0.39 is 5.60 Å². The van der Waals surface area contributed by atoms with Crippen molar-refractivity contribution >= 4 is 44.5 Å². The van der Waals surface area contributed by atoms with Gasteiger partial charge in [-0.2, -0.15) is 11.3 Å². The highest BCUT2D eigenvalue weighted by Crippen LogP contribution is 2.33. The lowest BCUT2D eigenvalue weighted by atomic mass is 9.94. The van der Waals surface area contributed by atoms with E-state index in [1.807, 2.05) is 34.3 Å². The van der Waals surface area contributed by atoms with Gasteiger partial charge in [0.1, 0.15) is 11.4 Å². The third kappa shape index (κ3) is 3.79. The zero-order valence-corrected chi connectivity index (χ0v) is 16.6. The molecule has 3 rings (SSSR count). The zero-order valence-electron chi connectivity index (χ0n) is 13.4. The quantitative estimate of drug-likeness (QED) is 0.605. The Hall–Kier alpha value is -1.67. The lowest BCUT2D eigenvalue weighted by molar-refractivity contribution is 0.0720. The molecule has 1 amide bonds. The number of methoxy groups -OCH3 is 1. The van der Waals surface area contributed by atoms with Crippen molar-refractivity contribution in [2.24, 2.45) is 0 Å². The molecule has 2 N–H and O–H groups in total. The molecule has 25 heavy (non-hydrogen) atoms. The summed E-state index contributed by atoms with van der Waals surface area (Å²) < 4.78 is 5.84. The lowest BCUT2D eigenvalue weighted by Gasteiger charge is -2.27. The standard InChI is InChI=1S/C18H16BrNO3S2/c1-23-13-4-5-15(19)14(9-13)17(21)20-11-18(22,12-6-8-24-10-12)16-3-2-7-25-16/h2-10,22H,11H2,1H3,(H,20,21)/t18-/m0/s1. The molecular formula is C18H16BrNO3S2. The first-order valence-corrected chi connectivity index (χ1v) is 10.1. The summed E-state index contributed by atoms with van der Waals surface area (Å²) in [6, 6.07) is 10.8. The number of nitrogens with one attached hydrogen (secondary N) is 1. The van der Waals surface area contributed by atoms with Gasteiger partial charge in [-0.05, 0) is 62.4 Å². The first-order chi connectivity index (χ1) is 12.0. The summed E-state index contributed by atoms with van der Waals surface area (Å²) in [6.45, 7) is 0.0761. The first kappa shape index (κ1) is 18.1. The van der Waals surface area contributed by atoms with Gasteiger partial charge < -0.3 is 15.2 Å². The molecule has 1 atom stereocenters. The van der Waals surface area contributed by atoms with Gasteiger partial charge in [-0.25, -0.2) is 0 Å². The fraction of sp³-hybridized carbons (Fsp3) is 0.167. The molecule has 0 spiro atoms. The average molecular weight is 438 g/mol. The molecule has 2 aromatic heterocycles. The maximum atomic E-state index is 12.6. The van der Waals surface area contributed by atoms with Crippen LogP contribution in [0.15, 0.2) is 57.0 Å². The van der Waals surface area contributed by atoms with Crippen LogP contribution in [-0.4, -0.2) is 24.7 Å². The summed E-state index contributed by atoms with van der Waals surface area (Å²) in [5.41, 5.74) is -0.0296. The molecule has 1 aromatic carbocycles. The molecule has 2 heterocycles. The lowest BCUT2D eigenvalue weighted by Crippen LogP contribution is -2.41. The molecule has 0 fully saturated rings. The monoisotopic (exact) mass is 437 g/mol. The maximum Gasteiger partial charge on any atom is 0.252 e. The van der Waals surface area contributed by atoms with Crippen molar-refractivity contribution in [1.29, 1.82) is 0 Å². The zero-order chi connectivity index (χ0) is 17.9. The molecule has 0 saturated carbocycles. The smallest absolute Gasteiger partial charge is 0.252 e. The number of benzene rings is 1. The van der Waals surface area contributed by atoms with Crippen LogP contribution in [-0.2, 0) is 5.60 Å². The van der Waals surface area contributed by atoms with Crippen molar-refractivity contribution in [3.05, 3.63) is 73.0 Å². The number of ether oxygens (including phenoxy) is 1. The molecule has 3 aromatic rings. The number of hydrogen-bond donors (Lipinski definition) is 2. The van der Waals surface area contributed by atoms with Gasteiger partial charge in [0.15, 0.2) is 0 Å². The van der Waals surface area contributed by atoms with Crippen LogP contribution in [0.5, 0.6) is 5.75 Å². The largest absolute Gasteiger partial charge is 0.497 e. The Morgan fingerprint density at radius 3 is 2.80 bits per heavy atom. The van der Waals surface area contributed by atoms with Crippen molar-refractivity contribution < 1.29 is 14.6 Å². The van der Waals surface area contributed by atoms with Gasteiger partial charge in [0.2, 0.25) is 0 Å². The summed E-state index contributed by atoms with van der Waals surface area (Å²) in [4.78, 5) is 13.4. The molecule has 4 nitrogen and oxygen atoms in total. The Labute approximate surface area is 162 Å². The fourth-order valence-electron chi connectivity index (χ4n) is 2.45. The van der Waals surface area contributed by atoms with Crippen LogP contribution in [0.2, 0.25) is 0 Å². The average Bonchev–Trinajstić information content (AvgIpc) is 3.33. The molecule has 7 heteroatoms. The Balaban J connectivity index is 1.84. The van der Waals surface area contributed by atoms with Crippen molar-refractivity contribution in [3.63, 3.8) is 0 Å². The maximum absolute atomic E-state index is 12.6. The molecule has 0 aliphatic rings. The number of carbonyl (C=O) groups excluding carboxylic acids is 1. The number of halogens is 1. The fourth-order valence-corrected chi connectivity index (χ4v) is 4.45. The number of carbonyl (C=O) groups is 1. The third-order valence-electron chi connectivity index (χ3n) is 3.85. The summed E-state index contributed by atoms with van der Waals surface area (Å²) in [6.07, 6.45) is 0. The SMILES string of the molecule is COc1ccc(Br)c(C(=O)NC[C@](O)(c2ccsc2)c2cccs2)c1. The van der Waals surface area contributed by atoms with Gasteiger partial charge in [-0.3, -0.25) is 4.79 Å². The van der Waals surface area contributed by atoms with Gasteiger partial charge in [0.05, 0.1) is 19.2 Å². The summed E-state index contributed by atoms with van der Waals surface area (Å²) in [5, 5.41) is 19.8. The van der Waals surface area contributed by atoms with Crippen LogP contribution in [0.3, 0.4) is 0 Å². The van der Waals surface area contributed by atoms with Crippen LogP contribution in [0.1, 0.15) is 20.8 Å². The number of hydrogen-bond acceptors (Lipinski definition) is 5. The van der Waals surface area contributed by atoms with Gasteiger partial charge in [-0.15, -0.1) is 11.3 Å². The second-order valence-corrected chi connectivity index (χ2v) is 7.96.